The first-order valence-electron chi connectivity index (χ1n) is 4.67. The van der Waals surface area contributed by atoms with Crippen molar-refractivity contribution in [2.24, 2.45) is 0 Å². The second-order valence-corrected chi connectivity index (χ2v) is 8.90. The van der Waals surface area contributed by atoms with Crippen LogP contribution in [0.3, 0.4) is 0 Å². The predicted octanol–water partition coefficient (Wildman–Crippen LogP) is 5.99. The zero-order chi connectivity index (χ0) is 13.9. The summed E-state index contributed by atoms with van der Waals surface area (Å²) < 4.78 is 6.71. The van der Waals surface area contributed by atoms with Crippen LogP contribution in [0.4, 0.5) is 0 Å². The molecule has 0 amide bonds. The van der Waals surface area contributed by atoms with E-state index in [1.807, 2.05) is 12.1 Å². The Labute approximate surface area is 147 Å². The van der Waals surface area contributed by atoms with Crippen LogP contribution in [0.15, 0.2) is 37.7 Å². The molecule has 0 spiro atoms. The molecular weight excluding hydrogens is 564 g/mol. The van der Waals surface area contributed by atoms with Crippen LogP contribution in [0.25, 0.3) is 0 Å². The molecule has 1 aromatic rings. The fourth-order valence-corrected chi connectivity index (χ4v) is 4.18. The maximum Gasteiger partial charge on any atom is 0.332 e. The van der Waals surface area contributed by atoms with E-state index in [4.69, 9.17) is 4.74 Å². The Balaban J connectivity index is 3.12. The highest BCUT2D eigenvalue weighted by atomic mass is 79.9. The highest BCUT2D eigenvalue weighted by Gasteiger charge is 2.32. The van der Waals surface area contributed by atoms with Crippen molar-refractivity contribution in [3.05, 3.63) is 43.3 Å². The van der Waals surface area contributed by atoms with Crippen molar-refractivity contribution in [2.45, 2.75) is 10.3 Å². The number of carbonyl (C=O) groups excluding carboxylic acids is 1. The van der Waals surface area contributed by atoms with Crippen LogP contribution >= 0.6 is 79.6 Å². The molecule has 0 radical (unpaired) electrons. The van der Waals surface area contributed by atoms with Gasteiger partial charge in [-0.05, 0) is 92.6 Å². The molecule has 1 rings (SSSR count). The molecule has 0 aliphatic rings. The minimum absolute atomic E-state index is 0.447. The molecular formula is C11H7Br5O2. The summed E-state index contributed by atoms with van der Waals surface area (Å²) in [6.45, 7) is 1.75. The summed E-state index contributed by atoms with van der Waals surface area (Å²) in [7, 11) is 0. The van der Waals surface area contributed by atoms with Crippen LogP contribution in [-0.4, -0.2) is 5.97 Å². The van der Waals surface area contributed by atoms with Crippen LogP contribution in [0.5, 0.6) is 0 Å². The fourth-order valence-electron chi connectivity index (χ4n) is 1.10. The van der Waals surface area contributed by atoms with Gasteiger partial charge in [0.1, 0.15) is 0 Å². The highest BCUT2D eigenvalue weighted by molar-refractivity contribution is 9.24. The first kappa shape index (κ1) is 16.9. The van der Waals surface area contributed by atoms with Crippen LogP contribution in [0.1, 0.15) is 12.5 Å². The third kappa shape index (κ3) is 4.16. The molecule has 18 heavy (non-hydrogen) atoms. The van der Waals surface area contributed by atoms with Crippen LogP contribution in [0.2, 0.25) is 0 Å². The van der Waals surface area contributed by atoms with Gasteiger partial charge in [0.15, 0.2) is 0 Å². The molecule has 1 aromatic carbocycles. The van der Waals surface area contributed by atoms with Crippen molar-refractivity contribution in [1.29, 1.82) is 0 Å². The topological polar surface area (TPSA) is 26.3 Å². The smallest absolute Gasteiger partial charge is 0.332 e. The molecule has 0 heterocycles. The predicted molar refractivity (Wildman–Crippen MR) is 90.0 cm³/mol. The summed E-state index contributed by atoms with van der Waals surface area (Å²) >= 11 is 17.0. The number of hydrogen-bond acceptors (Lipinski definition) is 2. The van der Waals surface area contributed by atoms with E-state index in [0.717, 1.165) is 19.0 Å². The van der Waals surface area contributed by atoms with Crippen LogP contribution < -0.4 is 0 Å². The van der Waals surface area contributed by atoms with Crippen molar-refractivity contribution in [1.82, 2.24) is 0 Å². The normalized spacial score (nSPS) is 11.9. The molecule has 0 N–H and O–H groups in total. The van der Waals surface area contributed by atoms with Gasteiger partial charge in [0.25, 0.3) is 0 Å². The van der Waals surface area contributed by atoms with Crippen molar-refractivity contribution in [3.63, 3.8) is 0 Å². The molecule has 0 aromatic heterocycles. The first-order chi connectivity index (χ1) is 8.29. The molecule has 0 atom stereocenters. The summed E-state index contributed by atoms with van der Waals surface area (Å²) in [5.41, 5.74) is 0.732. The number of halogens is 5. The Morgan fingerprint density at radius 2 is 1.83 bits per heavy atom. The lowest BCUT2D eigenvalue weighted by Gasteiger charge is -2.22. The Morgan fingerprint density at radius 1 is 1.22 bits per heavy atom. The Hall–Kier alpha value is 0.830. The molecule has 0 bridgehead atoms. The number of benzene rings is 1. The van der Waals surface area contributed by atoms with Gasteiger partial charge in [0.05, 0.1) is 0 Å². The maximum atomic E-state index is 11.5. The summed E-state index contributed by atoms with van der Waals surface area (Å²) in [6.07, 6.45) is 2.96. The number of rotatable bonds is 3. The number of hydrogen-bond donors (Lipinski definition) is 0. The van der Waals surface area contributed by atoms with Gasteiger partial charge < -0.3 is 4.74 Å². The van der Waals surface area contributed by atoms with E-state index < -0.39 is 9.39 Å². The molecule has 7 heteroatoms. The van der Waals surface area contributed by atoms with Crippen LogP contribution in [-0.2, 0) is 13.0 Å². The SMILES string of the molecule is C/C=C/C(=O)OC(Br)(Br)c1ccc(Br)c(Br)c1Br. The van der Waals surface area contributed by atoms with E-state index in [-0.39, 0.29) is 0 Å². The van der Waals surface area contributed by atoms with Gasteiger partial charge in [-0.1, -0.05) is 12.1 Å². The van der Waals surface area contributed by atoms with E-state index in [1.165, 1.54) is 6.08 Å². The minimum atomic E-state index is -1.08. The van der Waals surface area contributed by atoms with Gasteiger partial charge in [-0.2, -0.15) is 0 Å². The molecule has 0 aliphatic heterocycles. The third-order valence-electron chi connectivity index (χ3n) is 1.88. The average Bonchev–Trinajstić information content (AvgIpc) is 2.25. The lowest BCUT2D eigenvalue weighted by Crippen LogP contribution is -2.18. The quantitative estimate of drug-likeness (QED) is 0.193. The molecule has 0 aliphatic carbocycles. The van der Waals surface area contributed by atoms with E-state index in [0.29, 0.717) is 0 Å². The zero-order valence-electron chi connectivity index (χ0n) is 9.02. The summed E-state index contributed by atoms with van der Waals surface area (Å²) in [5.74, 6) is -0.447. The largest absolute Gasteiger partial charge is 0.429 e. The average molecular weight is 571 g/mol. The molecule has 0 saturated heterocycles. The Bertz CT molecular complexity index is 496. The van der Waals surface area contributed by atoms with Gasteiger partial charge in [0, 0.05) is 25.1 Å². The monoisotopic (exact) mass is 566 g/mol. The van der Waals surface area contributed by atoms with E-state index in [9.17, 15) is 4.79 Å². The van der Waals surface area contributed by atoms with E-state index in [2.05, 4.69) is 79.6 Å². The Kier molecular flexibility index (Phi) is 6.58. The number of esters is 1. The standard InChI is InChI=1S/C11H7Br5O2/c1-2-3-8(17)18-11(15,16)6-4-5-7(12)10(14)9(6)13/h2-5H,1H3/b3-2+. The lowest BCUT2D eigenvalue weighted by atomic mass is 10.2. The van der Waals surface area contributed by atoms with Gasteiger partial charge in [0.2, 0.25) is 3.42 Å². The molecule has 98 valence electrons. The molecule has 2 nitrogen and oxygen atoms in total. The molecule has 0 fully saturated rings. The van der Waals surface area contributed by atoms with Crippen molar-refractivity contribution in [3.8, 4) is 0 Å². The maximum absolute atomic E-state index is 11.5. The second-order valence-electron chi connectivity index (χ2n) is 3.16. The van der Waals surface area contributed by atoms with Crippen molar-refractivity contribution >= 4 is 85.6 Å². The minimum Gasteiger partial charge on any atom is -0.429 e. The summed E-state index contributed by atoms with van der Waals surface area (Å²) in [4.78, 5) is 11.5. The van der Waals surface area contributed by atoms with Crippen LogP contribution in [0, 0.1) is 0 Å². The second kappa shape index (κ2) is 7.02. The fraction of sp³-hybridized carbons (Fsp3) is 0.182. The first-order valence-corrected chi connectivity index (χ1v) is 8.63. The van der Waals surface area contributed by atoms with Gasteiger partial charge in [-0.15, -0.1) is 0 Å². The number of allylic oxidation sites excluding steroid dienone is 1. The van der Waals surface area contributed by atoms with Crippen molar-refractivity contribution < 1.29 is 9.53 Å². The number of alkyl halides is 2. The summed E-state index contributed by atoms with van der Waals surface area (Å²) in [6, 6.07) is 3.68. The van der Waals surface area contributed by atoms with E-state index in [1.54, 1.807) is 13.0 Å². The highest BCUT2D eigenvalue weighted by Crippen LogP contribution is 2.46. The number of ether oxygens (including phenoxy) is 1. The van der Waals surface area contributed by atoms with Gasteiger partial charge in [-0.25, -0.2) is 4.79 Å². The van der Waals surface area contributed by atoms with Gasteiger partial charge >= 0.3 is 5.97 Å². The molecule has 0 unspecified atom stereocenters. The lowest BCUT2D eigenvalue weighted by molar-refractivity contribution is -0.140. The zero-order valence-corrected chi connectivity index (χ0v) is 16.9. The van der Waals surface area contributed by atoms with Crippen molar-refractivity contribution in [2.75, 3.05) is 0 Å². The number of carbonyl (C=O) groups is 1. The summed E-state index contributed by atoms with van der Waals surface area (Å²) in [5, 5.41) is 0. The Morgan fingerprint density at radius 3 is 2.39 bits per heavy atom. The van der Waals surface area contributed by atoms with E-state index >= 15 is 0 Å². The molecule has 0 saturated carbocycles. The third-order valence-corrected chi connectivity index (χ3v) is 6.43. The van der Waals surface area contributed by atoms with Gasteiger partial charge in [-0.3, -0.25) is 0 Å².